The minimum Gasteiger partial charge on any atom is -0.480 e. The minimum atomic E-state index is -0.826. The van der Waals surface area contributed by atoms with Crippen LogP contribution in [0.15, 0.2) is 10.8 Å². The molecule has 1 heterocycles. The smallest absolute Gasteiger partial charge is 0.323 e. The van der Waals surface area contributed by atoms with E-state index >= 15 is 0 Å². The molecule has 2 rings (SSSR count). The summed E-state index contributed by atoms with van der Waals surface area (Å²) in [4.78, 5) is 15.0. The maximum atomic E-state index is 10.7. The summed E-state index contributed by atoms with van der Waals surface area (Å²) in [5, 5.41) is 8.81. The lowest BCUT2D eigenvalue weighted by Gasteiger charge is -2.11. The van der Waals surface area contributed by atoms with E-state index in [4.69, 9.17) is 5.11 Å². The molecule has 1 aromatic heterocycles. The maximum absolute atomic E-state index is 10.7. The third-order valence-corrected chi connectivity index (χ3v) is 3.48. The quantitative estimate of drug-likeness (QED) is 0.919. The Labute approximate surface area is 96.4 Å². The first kappa shape index (κ1) is 10.7. The van der Waals surface area contributed by atoms with Crippen LogP contribution in [0.4, 0.5) is 0 Å². The Morgan fingerprint density at radius 1 is 1.60 bits per heavy atom. The van der Waals surface area contributed by atoms with Gasteiger partial charge in [-0.05, 0) is 28.8 Å². The highest BCUT2D eigenvalue weighted by Crippen LogP contribution is 2.34. The van der Waals surface area contributed by atoms with E-state index < -0.39 is 5.97 Å². The second kappa shape index (κ2) is 4.35. The van der Waals surface area contributed by atoms with Gasteiger partial charge in [-0.15, -0.1) is 0 Å². The summed E-state index contributed by atoms with van der Waals surface area (Å²) in [5.41, 5.74) is 0. The van der Waals surface area contributed by atoms with Gasteiger partial charge in [0.2, 0.25) is 0 Å². The average Bonchev–Trinajstić information content (AvgIpc) is 2.76. The van der Waals surface area contributed by atoms with Crippen molar-refractivity contribution in [2.75, 3.05) is 0 Å². The largest absolute Gasteiger partial charge is 0.480 e. The molecule has 1 saturated carbocycles. The van der Waals surface area contributed by atoms with E-state index in [-0.39, 0.29) is 6.54 Å². The fourth-order valence-corrected chi connectivity index (χ4v) is 2.58. The van der Waals surface area contributed by atoms with Crippen LogP contribution in [0.1, 0.15) is 37.4 Å². The van der Waals surface area contributed by atoms with Gasteiger partial charge in [0.25, 0.3) is 0 Å². The van der Waals surface area contributed by atoms with Crippen molar-refractivity contribution in [1.29, 1.82) is 0 Å². The first-order valence-electron chi connectivity index (χ1n) is 5.11. The Bertz CT molecular complexity index is 369. The van der Waals surface area contributed by atoms with E-state index in [2.05, 4.69) is 20.9 Å². The Hall–Kier alpha value is -0.840. The van der Waals surface area contributed by atoms with Gasteiger partial charge in [0.1, 0.15) is 17.0 Å². The molecule has 1 aromatic rings. The lowest BCUT2D eigenvalue weighted by molar-refractivity contribution is -0.137. The van der Waals surface area contributed by atoms with Gasteiger partial charge in [0.15, 0.2) is 0 Å². The standard InChI is InChI=1S/C10H13BrN2O2/c11-8-5-12-10(7-3-1-2-4-7)13(8)6-9(14)15/h5,7H,1-4,6H2,(H,14,15). The molecule has 0 bridgehead atoms. The van der Waals surface area contributed by atoms with Crippen LogP contribution in [-0.4, -0.2) is 20.6 Å². The highest BCUT2D eigenvalue weighted by Gasteiger charge is 2.23. The number of aromatic nitrogens is 2. The fourth-order valence-electron chi connectivity index (χ4n) is 2.17. The molecule has 0 aromatic carbocycles. The van der Waals surface area contributed by atoms with Crippen molar-refractivity contribution in [3.63, 3.8) is 0 Å². The molecule has 1 fully saturated rings. The molecule has 5 heteroatoms. The monoisotopic (exact) mass is 272 g/mol. The van der Waals surface area contributed by atoms with Gasteiger partial charge >= 0.3 is 5.97 Å². The molecule has 1 aliphatic rings. The third kappa shape index (κ3) is 2.22. The number of aliphatic carboxylic acids is 1. The van der Waals surface area contributed by atoms with Crippen molar-refractivity contribution < 1.29 is 9.90 Å². The topological polar surface area (TPSA) is 55.1 Å². The number of imidazole rings is 1. The minimum absolute atomic E-state index is 0.00752. The van der Waals surface area contributed by atoms with E-state index in [1.54, 1.807) is 10.8 Å². The van der Waals surface area contributed by atoms with Crippen LogP contribution in [0.2, 0.25) is 0 Å². The van der Waals surface area contributed by atoms with Crippen LogP contribution in [0, 0.1) is 0 Å². The van der Waals surface area contributed by atoms with Crippen molar-refractivity contribution in [2.24, 2.45) is 0 Å². The lowest BCUT2D eigenvalue weighted by atomic mass is 10.1. The zero-order valence-corrected chi connectivity index (χ0v) is 9.90. The van der Waals surface area contributed by atoms with Crippen LogP contribution >= 0.6 is 15.9 Å². The molecular weight excluding hydrogens is 260 g/mol. The molecule has 0 unspecified atom stereocenters. The number of hydrogen-bond acceptors (Lipinski definition) is 2. The van der Waals surface area contributed by atoms with Crippen molar-refractivity contribution in [3.05, 3.63) is 16.6 Å². The number of halogens is 1. The molecule has 0 aliphatic heterocycles. The molecule has 0 radical (unpaired) electrons. The summed E-state index contributed by atoms with van der Waals surface area (Å²) >= 11 is 3.33. The normalized spacial score (nSPS) is 17.1. The highest BCUT2D eigenvalue weighted by molar-refractivity contribution is 9.10. The number of rotatable bonds is 3. The SMILES string of the molecule is O=C(O)Cn1c(Br)cnc1C1CCCC1. The first-order valence-corrected chi connectivity index (χ1v) is 5.90. The Morgan fingerprint density at radius 3 is 2.87 bits per heavy atom. The van der Waals surface area contributed by atoms with E-state index in [9.17, 15) is 4.79 Å². The Balaban J connectivity index is 2.25. The van der Waals surface area contributed by atoms with Crippen LogP contribution in [0.5, 0.6) is 0 Å². The van der Waals surface area contributed by atoms with E-state index in [1.165, 1.54) is 12.8 Å². The first-order chi connectivity index (χ1) is 7.18. The number of carbonyl (C=O) groups is 1. The van der Waals surface area contributed by atoms with Gasteiger partial charge in [-0.3, -0.25) is 4.79 Å². The molecule has 15 heavy (non-hydrogen) atoms. The molecule has 0 saturated heterocycles. The number of hydrogen-bond donors (Lipinski definition) is 1. The van der Waals surface area contributed by atoms with Gasteiger partial charge in [-0.25, -0.2) is 4.98 Å². The second-order valence-electron chi connectivity index (χ2n) is 3.90. The lowest BCUT2D eigenvalue weighted by Crippen LogP contribution is -2.14. The fraction of sp³-hybridized carbons (Fsp3) is 0.600. The highest BCUT2D eigenvalue weighted by atomic mass is 79.9. The molecule has 1 N–H and O–H groups in total. The van der Waals surface area contributed by atoms with E-state index in [0.29, 0.717) is 5.92 Å². The van der Waals surface area contributed by atoms with E-state index in [0.717, 1.165) is 23.3 Å². The predicted octanol–water partition coefficient (Wildman–Crippen LogP) is 2.39. The molecule has 0 amide bonds. The van der Waals surface area contributed by atoms with Gasteiger partial charge < -0.3 is 9.67 Å². The Kier molecular flexibility index (Phi) is 3.09. The molecular formula is C10H13BrN2O2. The molecule has 0 atom stereocenters. The molecule has 4 nitrogen and oxygen atoms in total. The van der Waals surface area contributed by atoms with Crippen molar-refractivity contribution in [3.8, 4) is 0 Å². The third-order valence-electron chi connectivity index (χ3n) is 2.85. The predicted molar refractivity (Wildman–Crippen MR) is 58.8 cm³/mol. The molecule has 0 spiro atoms. The number of carboxylic acid groups (broad SMARTS) is 1. The Morgan fingerprint density at radius 2 is 2.27 bits per heavy atom. The van der Waals surface area contributed by atoms with Gasteiger partial charge in [0.05, 0.1) is 6.20 Å². The van der Waals surface area contributed by atoms with E-state index in [1.807, 2.05) is 0 Å². The van der Waals surface area contributed by atoms with Gasteiger partial charge in [-0.1, -0.05) is 12.8 Å². The average molecular weight is 273 g/mol. The van der Waals surface area contributed by atoms with Gasteiger partial charge in [-0.2, -0.15) is 0 Å². The number of nitrogens with zero attached hydrogens (tertiary/aromatic N) is 2. The zero-order valence-electron chi connectivity index (χ0n) is 8.32. The van der Waals surface area contributed by atoms with Crippen LogP contribution in [-0.2, 0) is 11.3 Å². The summed E-state index contributed by atoms with van der Waals surface area (Å²) in [6, 6.07) is 0. The zero-order chi connectivity index (χ0) is 10.8. The summed E-state index contributed by atoms with van der Waals surface area (Å²) in [6.07, 6.45) is 6.40. The molecule has 1 aliphatic carbocycles. The summed E-state index contributed by atoms with van der Waals surface area (Å²) in [6.45, 7) is -0.00752. The van der Waals surface area contributed by atoms with Crippen molar-refractivity contribution >= 4 is 21.9 Å². The summed E-state index contributed by atoms with van der Waals surface area (Å²) < 4.78 is 2.50. The van der Waals surface area contributed by atoms with Crippen LogP contribution < -0.4 is 0 Å². The molecule has 82 valence electrons. The summed E-state index contributed by atoms with van der Waals surface area (Å²) in [5.74, 6) is 0.533. The maximum Gasteiger partial charge on any atom is 0.323 e. The van der Waals surface area contributed by atoms with Crippen LogP contribution in [0.3, 0.4) is 0 Å². The second-order valence-corrected chi connectivity index (χ2v) is 4.71. The van der Waals surface area contributed by atoms with Crippen molar-refractivity contribution in [2.45, 2.75) is 38.1 Å². The number of carboxylic acids is 1. The van der Waals surface area contributed by atoms with Crippen LogP contribution in [0.25, 0.3) is 0 Å². The van der Waals surface area contributed by atoms with Gasteiger partial charge in [0, 0.05) is 5.92 Å². The summed E-state index contributed by atoms with van der Waals surface area (Å²) in [7, 11) is 0. The van der Waals surface area contributed by atoms with Crippen molar-refractivity contribution in [1.82, 2.24) is 9.55 Å².